The number of halogens is 1. The molecule has 1 N–H and O–H groups in total. The van der Waals surface area contributed by atoms with Crippen LogP contribution >= 0.6 is 23.4 Å². The molecule has 16 heavy (non-hydrogen) atoms. The second kappa shape index (κ2) is 6.27. The van der Waals surface area contributed by atoms with Crippen LogP contribution in [0.2, 0.25) is 5.15 Å². The summed E-state index contributed by atoms with van der Waals surface area (Å²) in [6.07, 6.45) is 3.24. The third-order valence-corrected chi connectivity index (χ3v) is 3.70. The van der Waals surface area contributed by atoms with Crippen LogP contribution in [-0.2, 0) is 0 Å². The zero-order valence-corrected chi connectivity index (χ0v) is 10.6. The maximum Gasteiger partial charge on any atom is 0.171 e. The van der Waals surface area contributed by atoms with Crippen LogP contribution in [0.1, 0.15) is 0 Å². The molecule has 1 aliphatic heterocycles. The maximum absolute atomic E-state index is 5.89. The first-order valence-electron chi connectivity index (χ1n) is 5.37. The Balaban J connectivity index is 1.73. The van der Waals surface area contributed by atoms with E-state index in [4.69, 9.17) is 11.6 Å². The zero-order chi connectivity index (χ0) is 11.2. The van der Waals surface area contributed by atoms with E-state index >= 15 is 0 Å². The zero-order valence-electron chi connectivity index (χ0n) is 9.03. The molecule has 88 valence electrons. The Kier molecular flexibility index (Phi) is 4.69. The lowest BCUT2D eigenvalue weighted by Crippen LogP contribution is -2.36. The summed E-state index contributed by atoms with van der Waals surface area (Å²) in [5.74, 6) is 3.16. The monoisotopic (exact) mass is 258 g/mol. The highest BCUT2D eigenvalue weighted by atomic mass is 35.5. The van der Waals surface area contributed by atoms with Gasteiger partial charge in [-0.2, -0.15) is 11.8 Å². The van der Waals surface area contributed by atoms with Gasteiger partial charge in [0.1, 0.15) is 0 Å². The third-order valence-electron chi connectivity index (χ3n) is 2.48. The van der Waals surface area contributed by atoms with Gasteiger partial charge in [-0.15, -0.1) is 0 Å². The van der Waals surface area contributed by atoms with Crippen molar-refractivity contribution in [3.8, 4) is 0 Å². The van der Waals surface area contributed by atoms with Gasteiger partial charge in [0.05, 0.1) is 0 Å². The van der Waals surface area contributed by atoms with Crippen molar-refractivity contribution in [3.05, 3.63) is 17.5 Å². The summed E-state index contributed by atoms with van der Waals surface area (Å²) in [4.78, 5) is 10.6. The van der Waals surface area contributed by atoms with Gasteiger partial charge >= 0.3 is 0 Å². The molecule has 2 rings (SSSR count). The molecule has 1 aromatic heterocycles. The van der Waals surface area contributed by atoms with E-state index in [1.165, 1.54) is 24.6 Å². The van der Waals surface area contributed by atoms with Gasteiger partial charge in [-0.3, -0.25) is 4.90 Å². The molecule has 1 saturated heterocycles. The van der Waals surface area contributed by atoms with Crippen molar-refractivity contribution in [2.75, 3.05) is 43.0 Å². The number of thioether (sulfide) groups is 1. The molecular formula is C10H15ClN4S. The highest BCUT2D eigenvalue weighted by Crippen LogP contribution is 2.14. The summed E-state index contributed by atoms with van der Waals surface area (Å²) in [6, 6.07) is 0. The lowest BCUT2D eigenvalue weighted by Gasteiger charge is -2.26. The summed E-state index contributed by atoms with van der Waals surface area (Å²) >= 11 is 7.92. The number of anilines is 1. The van der Waals surface area contributed by atoms with Crippen molar-refractivity contribution in [2.45, 2.75) is 0 Å². The molecule has 1 aliphatic rings. The van der Waals surface area contributed by atoms with Crippen LogP contribution in [0, 0.1) is 0 Å². The highest BCUT2D eigenvalue weighted by molar-refractivity contribution is 7.99. The number of nitrogens with zero attached hydrogens (tertiary/aromatic N) is 3. The second-order valence-electron chi connectivity index (χ2n) is 3.58. The molecule has 0 spiro atoms. The summed E-state index contributed by atoms with van der Waals surface area (Å²) in [5.41, 5.74) is 0. The molecule has 0 unspecified atom stereocenters. The lowest BCUT2D eigenvalue weighted by molar-refractivity contribution is 0.314. The largest absolute Gasteiger partial charge is 0.366 e. The van der Waals surface area contributed by atoms with E-state index in [-0.39, 0.29) is 0 Å². The lowest BCUT2D eigenvalue weighted by atomic mass is 10.4. The SMILES string of the molecule is Clc1nccnc1NCCN1CCSCC1. The molecule has 2 heterocycles. The normalized spacial score (nSPS) is 17.3. The molecule has 1 aromatic rings. The Bertz CT molecular complexity index is 330. The van der Waals surface area contributed by atoms with Gasteiger partial charge in [0.2, 0.25) is 0 Å². The molecule has 0 aromatic carbocycles. The summed E-state index contributed by atoms with van der Waals surface area (Å²) in [6.45, 7) is 4.26. The summed E-state index contributed by atoms with van der Waals surface area (Å²) in [5, 5.41) is 3.65. The molecule has 0 saturated carbocycles. The third kappa shape index (κ3) is 3.50. The second-order valence-corrected chi connectivity index (χ2v) is 5.16. The Morgan fingerprint density at radius 1 is 1.31 bits per heavy atom. The predicted octanol–water partition coefficient (Wildman–Crippen LogP) is 1.59. The average molecular weight is 259 g/mol. The fourth-order valence-corrected chi connectivity index (χ4v) is 2.75. The van der Waals surface area contributed by atoms with E-state index in [9.17, 15) is 0 Å². The van der Waals surface area contributed by atoms with Crippen LogP contribution in [0.25, 0.3) is 0 Å². The van der Waals surface area contributed by atoms with Gasteiger partial charge < -0.3 is 5.32 Å². The Morgan fingerprint density at radius 2 is 2.06 bits per heavy atom. The van der Waals surface area contributed by atoms with Crippen LogP contribution < -0.4 is 5.32 Å². The number of hydrogen-bond donors (Lipinski definition) is 1. The molecule has 1 fully saturated rings. The number of nitrogens with one attached hydrogen (secondary N) is 1. The van der Waals surface area contributed by atoms with Crippen LogP contribution in [0.3, 0.4) is 0 Å². The first-order valence-corrected chi connectivity index (χ1v) is 6.90. The number of aromatic nitrogens is 2. The van der Waals surface area contributed by atoms with Crippen molar-refractivity contribution < 1.29 is 0 Å². The van der Waals surface area contributed by atoms with Crippen molar-refractivity contribution in [1.82, 2.24) is 14.9 Å². The van der Waals surface area contributed by atoms with E-state index in [2.05, 4.69) is 20.2 Å². The minimum atomic E-state index is 0.441. The summed E-state index contributed by atoms with van der Waals surface area (Å²) in [7, 11) is 0. The van der Waals surface area contributed by atoms with E-state index in [1.807, 2.05) is 11.8 Å². The molecule has 0 aliphatic carbocycles. The van der Waals surface area contributed by atoms with Gasteiger partial charge in [-0.1, -0.05) is 11.6 Å². The number of rotatable bonds is 4. The van der Waals surface area contributed by atoms with E-state index in [0.717, 1.165) is 13.1 Å². The van der Waals surface area contributed by atoms with Crippen LogP contribution in [-0.4, -0.2) is 52.6 Å². The minimum absolute atomic E-state index is 0.441. The fourth-order valence-electron chi connectivity index (χ4n) is 1.60. The first-order chi connectivity index (χ1) is 7.86. The smallest absolute Gasteiger partial charge is 0.171 e. The molecule has 0 amide bonds. The Hall–Kier alpha value is -0.520. The molecule has 0 radical (unpaired) electrons. The summed E-state index contributed by atoms with van der Waals surface area (Å²) < 4.78 is 0. The van der Waals surface area contributed by atoms with Crippen molar-refractivity contribution in [2.24, 2.45) is 0 Å². The fraction of sp³-hybridized carbons (Fsp3) is 0.600. The van der Waals surface area contributed by atoms with Gasteiger partial charge in [0.15, 0.2) is 11.0 Å². The molecule has 4 nitrogen and oxygen atoms in total. The molecule has 0 bridgehead atoms. The van der Waals surface area contributed by atoms with Gasteiger partial charge in [-0.05, 0) is 0 Å². The van der Waals surface area contributed by atoms with E-state index in [0.29, 0.717) is 11.0 Å². The van der Waals surface area contributed by atoms with Gasteiger partial charge in [0, 0.05) is 50.1 Å². The maximum atomic E-state index is 5.89. The first kappa shape index (κ1) is 12.0. The molecular weight excluding hydrogens is 244 g/mol. The predicted molar refractivity (Wildman–Crippen MR) is 69.3 cm³/mol. The quantitative estimate of drug-likeness (QED) is 0.888. The van der Waals surface area contributed by atoms with Crippen molar-refractivity contribution in [1.29, 1.82) is 0 Å². The van der Waals surface area contributed by atoms with Crippen molar-refractivity contribution >= 4 is 29.2 Å². The number of hydrogen-bond acceptors (Lipinski definition) is 5. The molecule has 0 atom stereocenters. The van der Waals surface area contributed by atoms with Crippen LogP contribution in [0.4, 0.5) is 5.82 Å². The van der Waals surface area contributed by atoms with Crippen molar-refractivity contribution in [3.63, 3.8) is 0 Å². The highest BCUT2D eigenvalue weighted by Gasteiger charge is 2.09. The van der Waals surface area contributed by atoms with Gasteiger partial charge in [-0.25, -0.2) is 9.97 Å². The van der Waals surface area contributed by atoms with Crippen LogP contribution in [0.15, 0.2) is 12.4 Å². The standard InChI is InChI=1S/C10H15ClN4S/c11-9-10(13-2-1-12-9)14-3-4-15-5-7-16-8-6-15/h1-2H,3-8H2,(H,13,14). The van der Waals surface area contributed by atoms with E-state index < -0.39 is 0 Å². The van der Waals surface area contributed by atoms with E-state index in [1.54, 1.807) is 12.4 Å². The Labute approximate surface area is 105 Å². The Morgan fingerprint density at radius 3 is 2.81 bits per heavy atom. The molecule has 6 heteroatoms. The van der Waals surface area contributed by atoms with Crippen LogP contribution in [0.5, 0.6) is 0 Å². The van der Waals surface area contributed by atoms with Gasteiger partial charge in [0.25, 0.3) is 0 Å². The minimum Gasteiger partial charge on any atom is -0.366 e. The topological polar surface area (TPSA) is 41.1 Å². The average Bonchev–Trinajstić information content (AvgIpc) is 2.33.